The smallest absolute Gasteiger partial charge is 0.258 e. The van der Waals surface area contributed by atoms with Crippen LogP contribution in [0.2, 0.25) is 0 Å². The van der Waals surface area contributed by atoms with Crippen LogP contribution in [-0.4, -0.2) is 32.3 Å². The van der Waals surface area contributed by atoms with E-state index in [1.54, 1.807) is 24.3 Å². The fourth-order valence-electron chi connectivity index (χ4n) is 1.41. The zero-order valence-electron chi connectivity index (χ0n) is 11.9. The fraction of sp³-hybridized carbons (Fsp3) is 0.467. The maximum Gasteiger partial charge on any atom is 0.258 e. The molecule has 1 rings (SSSR count). The minimum atomic E-state index is -0.192. The molecule has 0 radical (unpaired) electrons. The second-order valence-corrected chi connectivity index (χ2v) is 4.74. The number of nitriles is 1. The summed E-state index contributed by atoms with van der Waals surface area (Å²) in [4.78, 5) is 11.5. The molecule has 1 amide bonds. The third-order valence-electron chi connectivity index (χ3n) is 2.37. The number of amides is 1. The molecule has 20 heavy (non-hydrogen) atoms. The Kier molecular flexibility index (Phi) is 7.15. The molecular weight excluding hydrogens is 256 g/mol. The van der Waals surface area contributed by atoms with Gasteiger partial charge in [-0.3, -0.25) is 4.79 Å². The first-order valence-corrected chi connectivity index (χ1v) is 6.59. The van der Waals surface area contributed by atoms with Crippen LogP contribution >= 0.6 is 0 Å². The number of rotatable bonds is 8. The van der Waals surface area contributed by atoms with Gasteiger partial charge in [-0.1, -0.05) is 13.8 Å². The van der Waals surface area contributed by atoms with E-state index < -0.39 is 0 Å². The van der Waals surface area contributed by atoms with Crippen molar-refractivity contribution in [2.45, 2.75) is 13.8 Å². The van der Waals surface area contributed by atoms with Crippen LogP contribution in [0.5, 0.6) is 5.75 Å². The highest BCUT2D eigenvalue weighted by Gasteiger charge is 2.02. The van der Waals surface area contributed by atoms with Crippen LogP contribution in [0.15, 0.2) is 24.3 Å². The second kappa shape index (κ2) is 8.94. The highest BCUT2D eigenvalue weighted by Crippen LogP contribution is 2.10. The Balaban J connectivity index is 2.14. The lowest BCUT2D eigenvalue weighted by Gasteiger charge is -2.09. The molecule has 0 saturated carbocycles. The lowest BCUT2D eigenvalue weighted by Crippen LogP contribution is -2.31. The Morgan fingerprint density at radius 3 is 2.65 bits per heavy atom. The molecule has 0 heterocycles. The second-order valence-electron chi connectivity index (χ2n) is 4.74. The topological polar surface area (TPSA) is 71.3 Å². The average molecular weight is 276 g/mol. The molecule has 1 aromatic carbocycles. The van der Waals surface area contributed by atoms with Gasteiger partial charge in [-0.05, 0) is 30.2 Å². The summed E-state index contributed by atoms with van der Waals surface area (Å²) >= 11 is 0. The maximum absolute atomic E-state index is 11.5. The Labute approximate surface area is 119 Å². The van der Waals surface area contributed by atoms with Crippen molar-refractivity contribution < 1.29 is 14.3 Å². The van der Waals surface area contributed by atoms with Gasteiger partial charge in [0.15, 0.2) is 6.61 Å². The van der Waals surface area contributed by atoms with E-state index in [-0.39, 0.29) is 12.5 Å². The third-order valence-corrected chi connectivity index (χ3v) is 2.37. The number of carbonyl (C=O) groups excluding carboxylic acids is 1. The van der Waals surface area contributed by atoms with Crippen molar-refractivity contribution in [3.05, 3.63) is 29.8 Å². The molecule has 0 spiro atoms. The number of ether oxygens (including phenoxy) is 2. The molecular formula is C15H20N2O3. The van der Waals surface area contributed by atoms with E-state index in [4.69, 9.17) is 14.7 Å². The summed E-state index contributed by atoms with van der Waals surface area (Å²) in [5.41, 5.74) is 0.559. The van der Waals surface area contributed by atoms with Crippen molar-refractivity contribution in [3.63, 3.8) is 0 Å². The Bertz CT molecular complexity index is 449. The number of benzene rings is 1. The molecule has 0 bridgehead atoms. The van der Waals surface area contributed by atoms with Gasteiger partial charge in [0.05, 0.1) is 18.2 Å². The van der Waals surface area contributed by atoms with Crippen molar-refractivity contribution in [2.24, 2.45) is 5.92 Å². The van der Waals surface area contributed by atoms with E-state index in [1.165, 1.54) is 0 Å². The number of carbonyl (C=O) groups is 1. The van der Waals surface area contributed by atoms with Gasteiger partial charge < -0.3 is 14.8 Å². The summed E-state index contributed by atoms with van der Waals surface area (Å²) in [5, 5.41) is 11.4. The fourth-order valence-corrected chi connectivity index (χ4v) is 1.41. The molecule has 0 aliphatic rings. The van der Waals surface area contributed by atoms with Crippen molar-refractivity contribution in [1.29, 1.82) is 5.26 Å². The van der Waals surface area contributed by atoms with Crippen LogP contribution in [0.3, 0.4) is 0 Å². The molecule has 108 valence electrons. The van der Waals surface area contributed by atoms with Crippen LogP contribution in [-0.2, 0) is 9.53 Å². The number of nitrogens with one attached hydrogen (secondary N) is 1. The third kappa shape index (κ3) is 6.76. The summed E-state index contributed by atoms with van der Waals surface area (Å²) in [7, 11) is 0. The molecule has 1 aromatic rings. The predicted octanol–water partition coefficient (Wildman–Crippen LogP) is 1.73. The van der Waals surface area contributed by atoms with Crippen LogP contribution in [0.4, 0.5) is 0 Å². The highest BCUT2D eigenvalue weighted by atomic mass is 16.5. The molecule has 0 aliphatic heterocycles. The lowest BCUT2D eigenvalue weighted by atomic mass is 10.2. The minimum absolute atomic E-state index is 0.0456. The molecule has 5 heteroatoms. The van der Waals surface area contributed by atoms with Crippen LogP contribution in [0.1, 0.15) is 19.4 Å². The molecule has 1 N–H and O–H groups in total. The molecule has 0 saturated heterocycles. The first-order valence-electron chi connectivity index (χ1n) is 6.59. The van der Waals surface area contributed by atoms with Gasteiger partial charge >= 0.3 is 0 Å². The van der Waals surface area contributed by atoms with Gasteiger partial charge in [-0.15, -0.1) is 0 Å². The molecule has 0 atom stereocenters. The molecule has 0 aliphatic carbocycles. The van der Waals surface area contributed by atoms with Gasteiger partial charge in [-0.2, -0.15) is 5.26 Å². The summed E-state index contributed by atoms with van der Waals surface area (Å²) < 4.78 is 10.6. The first-order chi connectivity index (χ1) is 9.61. The lowest BCUT2D eigenvalue weighted by molar-refractivity contribution is -0.123. The van der Waals surface area contributed by atoms with Crippen LogP contribution < -0.4 is 10.1 Å². The summed E-state index contributed by atoms with van der Waals surface area (Å²) in [6.45, 7) is 5.77. The van der Waals surface area contributed by atoms with Gasteiger partial charge in [0.1, 0.15) is 5.75 Å². The Hall–Kier alpha value is -2.06. The van der Waals surface area contributed by atoms with Crippen LogP contribution in [0, 0.1) is 17.2 Å². The molecule has 0 unspecified atom stereocenters. The largest absolute Gasteiger partial charge is 0.484 e. The Morgan fingerprint density at radius 1 is 1.35 bits per heavy atom. The maximum atomic E-state index is 11.5. The van der Waals surface area contributed by atoms with E-state index in [9.17, 15) is 4.79 Å². The standard InChI is InChI=1S/C15H20N2O3/c1-12(2)10-19-8-7-17-15(18)11-20-14-5-3-13(9-16)4-6-14/h3-6,12H,7-8,10-11H2,1-2H3,(H,17,18). The Morgan fingerprint density at radius 2 is 2.05 bits per heavy atom. The zero-order valence-corrected chi connectivity index (χ0v) is 11.9. The number of hydrogen-bond donors (Lipinski definition) is 1. The van der Waals surface area contributed by atoms with Crippen molar-refractivity contribution in [2.75, 3.05) is 26.4 Å². The van der Waals surface area contributed by atoms with Crippen molar-refractivity contribution in [3.8, 4) is 11.8 Å². The normalized spacial score (nSPS) is 10.1. The quantitative estimate of drug-likeness (QED) is 0.734. The van der Waals surface area contributed by atoms with Gasteiger partial charge in [-0.25, -0.2) is 0 Å². The molecule has 0 aromatic heterocycles. The van der Waals surface area contributed by atoms with E-state index in [2.05, 4.69) is 19.2 Å². The predicted molar refractivity (Wildman–Crippen MR) is 75.3 cm³/mol. The molecule has 5 nitrogen and oxygen atoms in total. The first kappa shape index (κ1) is 16.0. The minimum Gasteiger partial charge on any atom is -0.484 e. The van der Waals surface area contributed by atoms with Crippen LogP contribution in [0.25, 0.3) is 0 Å². The van der Waals surface area contributed by atoms with Crippen molar-refractivity contribution >= 4 is 5.91 Å². The van der Waals surface area contributed by atoms with Gasteiger partial charge in [0.2, 0.25) is 0 Å². The molecule has 0 fully saturated rings. The summed E-state index contributed by atoms with van der Waals surface area (Å²) in [6, 6.07) is 8.64. The van der Waals surface area contributed by atoms with E-state index >= 15 is 0 Å². The zero-order chi connectivity index (χ0) is 14.8. The van der Waals surface area contributed by atoms with E-state index in [0.717, 1.165) is 0 Å². The van der Waals surface area contributed by atoms with Crippen molar-refractivity contribution in [1.82, 2.24) is 5.32 Å². The number of hydrogen-bond acceptors (Lipinski definition) is 4. The number of nitrogens with zero attached hydrogens (tertiary/aromatic N) is 1. The highest BCUT2D eigenvalue weighted by molar-refractivity contribution is 5.77. The van der Waals surface area contributed by atoms with Gasteiger partial charge in [0.25, 0.3) is 5.91 Å². The average Bonchev–Trinajstić information content (AvgIpc) is 2.45. The summed E-state index contributed by atoms with van der Waals surface area (Å²) in [6.07, 6.45) is 0. The van der Waals surface area contributed by atoms with E-state index in [1.807, 2.05) is 6.07 Å². The SMILES string of the molecule is CC(C)COCCNC(=O)COc1ccc(C#N)cc1. The van der Waals surface area contributed by atoms with Gasteiger partial charge in [0, 0.05) is 13.2 Å². The monoisotopic (exact) mass is 276 g/mol. The van der Waals surface area contributed by atoms with E-state index in [0.29, 0.717) is 37.0 Å². The summed E-state index contributed by atoms with van der Waals surface area (Å²) in [5.74, 6) is 0.864.